The van der Waals surface area contributed by atoms with Crippen LogP contribution in [0.1, 0.15) is 28.9 Å². The van der Waals surface area contributed by atoms with Gasteiger partial charge in [0.15, 0.2) is 0 Å². The molecule has 0 bridgehead atoms. The quantitative estimate of drug-likeness (QED) is 0.704. The first-order valence-corrected chi connectivity index (χ1v) is 5.25. The van der Waals surface area contributed by atoms with Gasteiger partial charge in [-0.25, -0.2) is 4.79 Å². The summed E-state index contributed by atoms with van der Waals surface area (Å²) in [5, 5.41) is 0. The van der Waals surface area contributed by atoms with E-state index in [1.807, 2.05) is 0 Å². The van der Waals surface area contributed by atoms with Crippen molar-refractivity contribution in [2.75, 3.05) is 12.8 Å². The van der Waals surface area contributed by atoms with E-state index in [4.69, 9.17) is 5.73 Å². The normalized spacial score (nSPS) is 14.3. The first kappa shape index (κ1) is 10.7. The van der Waals surface area contributed by atoms with Gasteiger partial charge in [0, 0.05) is 12.2 Å². The Morgan fingerprint density at radius 2 is 2.25 bits per heavy atom. The minimum absolute atomic E-state index is 0.103. The van der Waals surface area contributed by atoms with Crippen LogP contribution >= 0.6 is 0 Å². The summed E-state index contributed by atoms with van der Waals surface area (Å²) in [6.45, 7) is 0.628. The average molecular weight is 222 g/mol. The summed E-state index contributed by atoms with van der Waals surface area (Å²) in [4.78, 5) is 23.3. The molecule has 5 heteroatoms. The molecule has 0 saturated carbocycles. The van der Waals surface area contributed by atoms with Crippen molar-refractivity contribution in [1.29, 1.82) is 0 Å². The van der Waals surface area contributed by atoms with Gasteiger partial charge in [-0.05, 0) is 25.3 Å². The molecule has 1 aliphatic rings. The highest BCUT2D eigenvalue weighted by molar-refractivity contribution is 5.91. The van der Waals surface area contributed by atoms with Gasteiger partial charge in [-0.2, -0.15) is 0 Å². The summed E-state index contributed by atoms with van der Waals surface area (Å²) in [5.41, 5.74) is 6.66. The minimum Gasteiger partial charge on any atom is -0.465 e. The smallest absolute Gasteiger partial charge is 0.339 e. The summed E-state index contributed by atoms with van der Waals surface area (Å²) in [6, 6.07) is 1.42. The van der Waals surface area contributed by atoms with E-state index in [9.17, 15) is 9.59 Å². The number of nitrogen functional groups attached to an aromatic ring is 1. The number of carbonyl (C=O) groups excluding carboxylic acids is 1. The molecular formula is C11H14N2O3. The zero-order chi connectivity index (χ0) is 11.7. The lowest BCUT2D eigenvalue weighted by atomic mass is 10.0. The van der Waals surface area contributed by atoms with Crippen LogP contribution < -0.4 is 11.3 Å². The van der Waals surface area contributed by atoms with Gasteiger partial charge in [-0.1, -0.05) is 0 Å². The molecule has 0 amide bonds. The number of hydrogen-bond donors (Lipinski definition) is 1. The zero-order valence-corrected chi connectivity index (χ0v) is 9.16. The van der Waals surface area contributed by atoms with E-state index in [2.05, 4.69) is 4.74 Å². The molecule has 0 aliphatic carbocycles. The second kappa shape index (κ2) is 4.00. The summed E-state index contributed by atoms with van der Waals surface area (Å²) in [5.74, 6) is -0.433. The van der Waals surface area contributed by atoms with Crippen molar-refractivity contribution >= 4 is 11.7 Å². The number of rotatable bonds is 1. The Morgan fingerprint density at radius 1 is 1.50 bits per heavy atom. The Morgan fingerprint density at radius 3 is 2.94 bits per heavy atom. The number of methoxy groups -OCH3 is 1. The van der Waals surface area contributed by atoms with Gasteiger partial charge < -0.3 is 15.0 Å². The maximum absolute atomic E-state index is 11.8. The number of pyridine rings is 1. The number of hydrogen-bond acceptors (Lipinski definition) is 4. The highest BCUT2D eigenvalue weighted by Crippen LogP contribution is 2.19. The van der Waals surface area contributed by atoms with Gasteiger partial charge in [-0.15, -0.1) is 0 Å². The van der Waals surface area contributed by atoms with Crippen molar-refractivity contribution in [3.8, 4) is 0 Å². The lowest BCUT2D eigenvalue weighted by Crippen LogP contribution is -2.31. The predicted molar refractivity (Wildman–Crippen MR) is 59.4 cm³/mol. The monoisotopic (exact) mass is 222 g/mol. The van der Waals surface area contributed by atoms with E-state index in [1.165, 1.54) is 13.2 Å². The third-order valence-electron chi connectivity index (χ3n) is 2.88. The largest absolute Gasteiger partial charge is 0.465 e. The zero-order valence-electron chi connectivity index (χ0n) is 9.16. The molecule has 0 radical (unpaired) electrons. The number of aromatic nitrogens is 1. The van der Waals surface area contributed by atoms with Crippen molar-refractivity contribution in [2.45, 2.75) is 25.8 Å². The fraction of sp³-hybridized carbons (Fsp3) is 0.455. The molecular weight excluding hydrogens is 208 g/mol. The molecule has 1 aliphatic heterocycles. The number of nitrogens with zero attached hydrogens (tertiary/aromatic N) is 1. The van der Waals surface area contributed by atoms with E-state index in [0.717, 1.165) is 25.0 Å². The van der Waals surface area contributed by atoms with Crippen molar-refractivity contribution in [1.82, 2.24) is 4.57 Å². The van der Waals surface area contributed by atoms with Crippen molar-refractivity contribution in [2.24, 2.45) is 0 Å². The summed E-state index contributed by atoms with van der Waals surface area (Å²) >= 11 is 0. The Balaban J connectivity index is 2.66. The van der Waals surface area contributed by atoms with Crippen LogP contribution in [0.4, 0.5) is 5.69 Å². The van der Waals surface area contributed by atoms with E-state index < -0.39 is 5.97 Å². The van der Waals surface area contributed by atoms with Crippen LogP contribution in [0.5, 0.6) is 0 Å². The van der Waals surface area contributed by atoms with Crippen LogP contribution in [0.25, 0.3) is 0 Å². The Hall–Kier alpha value is -1.78. The van der Waals surface area contributed by atoms with Crippen LogP contribution in [0.15, 0.2) is 10.9 Å². The van der Waals surface area contributed by atoms with Gasteiger partial charge in [0.05, 0.1) is 18.4 Å². The molecule has 0 aromatic carbocycles. The summed E-state index contributed by atoms with van der Waals surface area (Å²) in [6.07, 6.45) is 2.64. The van der Waals surface area contributed by atoms with Gasteiger partial charge >= 0.3 is 5.97 Å². The first-order valence-electron chi connectivity index (χ1n) is 5.25. The fourth-order valence-corrected chi connectivity index (χ4v) is 2.08. The van der Waals surface area contributed by atoms with Crippen LogP contribution in [-0.4, -0.2) is 17.6 Å². The molecule has 2 rings (SSSR count). The van der Waals surface area contributed by atoms with E-state index >= 15 is 0 Å². The molecule has 2 N–H and O–H groups in total. The Labute approximate surface area is 92.8 Å². The van der Waals surface area contributed by atoms with E-state index in [-0.39, 0.29) is 11.2 Å². The minimum atomic E-state index is -0.433. The predicted octanol–water partition coefficient (Wildman–Crippen LogP) is 0.553. The number of anilines is 1. The highest BCUT2D eigenvalue weighted by Gasteiger charge is 2.21. The van der Waals surface area contributed by atoms with Crippen molar-refractivity contribution in [3.05, 3.63) is 27.7 Å². The molecule has 0 spiro atoms. The van der Waals surface area contributed by atoms with Crippen LogP contribution in [-0.2, 0) is 17.7 Å². The lowest BCUT2D eigenvalue weighted by molar-refractivity contribution is 0.0597. The third-order valence-corrected chi connectivity index (χ3v) is 2.88. The molecule has 0 fully saturated rings. The molecule has 1 aromatic heterocycles. The van der Waals surface area contributed by atoms with Crippen LogP contribution in [0, 0.1) is 0 Å². The summed E-state index contributed by atoms with van der Waals surface area (Å²) < 4.78 is 6.28. The lowest BCUT2D eigenvalue weighted by Gasteiger charge is -2.21. The van der Waals surface area contributed by atoms with Gasteiger partial charge in [-0.3, -0.25) is 4.79 Å². The molecule has 0 atom stereocenters. The molecule has 1 aromatic rings. The Kier molecular flexibility index (Phi) is 2.68. The number of ether oxygens (including phenoxy) is 1. The number of carbonyl (C=O) groups is 1. The molecule has 2 heterocycles. The SMILES string of the molecule is COC(=O)c1cc(N)c(=O)n2c1CCCC2. The number of fused-ring (bicyclic) bond motifs is 1. The van der Waals surface area contributed by atoms with Crippen molar-refractivity contribution < 1.29 is 9.53 Å². The van der Waals surface area contributed by atoms with Gasteiger partial charge in [0.1, 0.15) is 0 Å². The number of esters is 1. The van der Waals surface area contributed by atoms with Crippen LogP contribution in [0.3, 0.4) is 0 Å². The second-order valence-corrected chi connectivity index (χ2v) is 3.87. The molecule has 0 unspecified atom stereocenters. The summed E-state index contributed by atoms with van der Waals surface area (Å²) in [7, 11) is 1.32. The first-order chi connectivity index (χ1) is 7.65. The standard InChI is InChI=1S/C11H14N2O3/c1-16-11(15)7-6-8(12)10(14)13-5-3-2-4-9(7)13/h6H,2-5,12H2,1H3. The number of nitrogens with two attached hydrogens (primary N) is 1. The highest BCUT2D eigenvalue weighted by atomic mass is 16.5. The van der Waals surface area contributed by atoms with Gasteiger partial charge in [0.25, 0.3) is 5.56 Å². The maximum Gasteiger partial charge on any atom is 0.339 e. The third kappa shape index (κ3) is 1.58. The van der Waals surface area contributed by atoms with Gasteiger partial charge in [0.2, 0.25) is 0 Å². The van der Waals surface area contributed by atoms with E-state index in [0.29, 0.717) is 12.1 Å². The molecule has 5 nitrogen and oxygen atoms in total. The van der Waals surface area contributed by atoms with E-state index in [1.54, 1.807) is 4.57 Å². The second-order valence-electron chi connectivity index (χ2n) is 3.87. The molecule has 16 heavy (non-hydrogen) atoms. The Bertz CT molecular complexity index is 491. The fourth-order valence-electron chi connectivity index (χ4n) is 2.08. The topological polar surface area (TPSA) is 74.3 Å². The molecule has 0 saturated heterocycles. The maximum atomic E-state index is 11.8. The van der Waals surface area contributed by atoms with Crippen LogP contribution in [0.2, 0.25) is 0 Å². The molecule has 86 valence electrons. The average Bonchev–Trinajstić information content (AvgIpc) is 2.33. The van der Waals surface area contributed by atoms with Crippen molar-refractivity contribution in [3.63, 3.8) is 0 Å².